The molecule has 0 bridgehead atoms. The first-order chi connectivity index (χ1) is 4.81. The van der Waals surface area contributed by atoms with Crippen LogP contribution in [0.3, 0.4) is 0 Å². The molecule has 0 radical (unpaired) electrons. The average Bonchev–Trinajstić information content (AvgIpc) is 1.89. The van der Waals surface area contributed by atoms with Gasteiger partial charge in [-0.2, -0.15) is 0 Å². The van der Waals surface area contributed by atoms with E-state index in [1.165, 1.54) is 0 Å². The fourth-order valence-corrected chi connectivity index (χ4v) is 0.941. The van der Waals surface area contributed by atoms with Gasteiger partial charge in [-0.1, -0.05) is 13.3 Å². The van der Waals surface area contributed by atoms with Crippen LogP contribution in [0.5, 0.6) is 0 Å². The van der Waals surface area contributed by atoms with Crippen LogP contribution in [0, 0.1) is 0 Å². The smallest absolute Gasteiger partial charge is 0.0541 e. The SMILES string of the molecule is CCCC(O)CCCOC. The van der Waals surface area contributed by atoms with Gasteiger partial charge < -0.3 is 9.84 Å². The van der Waals surface area contributed by atoms with E-state index in [-0.39, 0.29) is 6.10 Å². The molecule has 1 unspecified atom stereocenters. The first kappa shape index (κ1) is 9.92. The predicted octanol–water partition coefficient (Wildman–Crippen LogP) is 1.57. The highest BCUT2D eigenvalue weighted by molar-refractivity contribution is 4.53. The van der Waals surface area contributed by atoms with Crippen LogP contribution in [-0.4, -0.2) is 24.9 Å². The van der Waals surface area contributed by atoms with Crippen molar-refractivity contribution >= 4 is 0 Å². The van der Waals surface area contributed by atoms with Gasteiger partial charge >= 0.3 is 0 Å². The summed E-state index contributed by atoms with van der Waals surface area (Å²) in [6.07, 6.45) is 3.72. The Labute approximate surface area is 63.2 Å². The fraction of sp³-hybridized carbons (Fsp3) is 1.00. The summed E-state index contributed by atoms with van der Waals surface area (Å²) in [4.78, 5) is 0. The Balaban J connectivity index is 2.97. The Morgan fingerprint density at radius 2 is 2.10 bits per heavy atom. The molecule has 0 heterocycles. The van der Waals surface area contributed by atoms with E-state index in [1.54, 1.807) is 7.11 Å². The van der Waals surface area contributed by atoms with E-state index in [1.807, 2.05) is 0 Å². The Kier molecular flexibility index (Phi) is 6.98. The maximum atomic E-state index is 9.22. The molecule has 0 aromatic heterocycles. The first-order valence-electron chi connectivity index (χ1n) is 3.98. The molecule has 0 aliphatic rings. The summed E-state index contributed by atoms with van der Waals surface area (Å²) >= 11 is 0. The lowest BCUT2D eigenvalue weighted by molar-refractivity contribution is 0.128. The second-order valence-electron chi connectivity index (χ2n) is 2.58. The lowest BCUT2D eigenvalue weighted by Crippen LogP contribution is -2.06. The molecule has 0 spiro atoms. The van der Waals surface area contributed by atoms with E-state index in [0.717, 1.165) is 32.3 Å². The lowest BCUT2D eigenvalue weighted by Gasteiger charge is -2.07. The molecule has 0 aromatic carbocycles. The molecule has 0 rings (SSSR count). The molecule has 1 N–H and O–H groups in total. The topological polar surface area (TPSA) is 29.5 Å². The largest absolute Gasteiger partial charge is 0.393 e. The highest BCUT2D eigenvalue weighted by atomic mass is 16.5. The Morgan fingerprint density at radius 1 is 1.40 bits per heavy atom. The van der Waals surface area contributed by atoms with Crippen molar-refractivity contribution in [3.05, 3.63) is 0 Å². The third-order valence-corrected chi connectivity index (χ3v) is 1.51. The fourth-order valence-electron chi connectivity index (χ4n) is 0.941. The third kappa shape index (κ3) is 6.05. The summed E-state index contributed by atoms with van der Waals surface area (Å²) in [7, 11) is 1.69. The third-order valence-electron chi connectivity index (χ3n) is 1.51. The van der Waals surface area contributed by atoms with Crippen molar-refractivity contribution in [3.63, 3.8) is 0 Å². The number of hydrogen-bond donors (Lipinski definition) is 1. The number of aliphatic hydroxyl groups is 1. The molecule has 62 valence electrons. The molecule has 0 aliphatic carbocycles. The zero-order valence-electron chi connectivity index (χ0n) is 6.97. The monoisotopic (exact) mass is 146 g/mol. The van der Waals surface area contributed by atoms with Crippen molar-refractivity contribution in [3.8, 4) is 0 Å². The van der Waals surface area contributed by atoms with Crippen LogP contribution in [-0.2, 0) is 4.74 Å². The van der Waals surface area contributed by atoms with Gasteiger partial charge in [0.05, 0.1) is 6.10 Å². The van der Waals surface area contributed by atoms with E-state index < -0.39 is 0 Å². The molecule has 2 nitrogen and oxygen atoms in total. The van der Waals surface area contributed by atoms with Gasteiger partial charge in [-0.3, -0.25) is 0 Å². The van der Waals surface area contributed by atoms with Gasteiger partial charge in [-0.05, 0) is 19.3 Å². The maximum Gasteiger partial charge on any atom is 0.0541 e. The van der Waals surface area contributed by atoms with Crippen LogP contribution in [0.2, 0.25) is 0 Å². The summed E-state index contributed by atoms with van der Waals surface area (Å²) in [6.45, 7) is 2.85. The van der Waals surface area contributed by atoms with Gasteiger partial charge in [0.25, 0.3) is 0 Å². The van der Waals surface area contributed by atoms with Crippen molar-refractivity contribution in [1.82, 2.24) is 0 Å². The van der Waals surface area contributed by atoms with Gasteiger partial charge in [0, 0.05) is 13.7 Å². The molecule has 0 amide bonds. The van der Waals surface area contributed by atoms with Crippen molar-refractivity contribution in [2.45, 2.75) is 38.7 Å². The Morgan fingerprint density at radius 3 is 2.60 bits per heavy atom. The summed E-state index contributed by atoms with van der Waals surface area (Å²) < 4.78 is 4.86. The molecule has 0 aromatic rings. The number of rotatable bonds is 6. The van der Waals surface area contributed by atoms with E-state index in [0.29, 0.717) is 0 Å². The summed E-state index contributed by atoms with van der Waals surface area (Å²) in [6, 6.07) is 0. The van der Waals surface area contributed by atoms with Gasteiger partial charge in [0.1, 0.15) is 0 Å². The van der Waals surface area contributed by atoms with Gasteiger partial charge in [0.2, 0.25) is 0 Å². The van der Waals surface area contributed by atoms with E-state index in [2.05, 4.69) is 6.92 Å². The van der Waals surface area contributed by atoms with Crippen molar-refractivity contribution in [1.29, 1.82) is 0 Å². The van der Waals surface area contributed by atoms with Crippen molar-refractivity contribution in [2.75, 3.05) is 13.7 Å². The first-order valence-corrected chi connectivity index (χ1v) is 3.98. The maximum absolute atomic E-state index is 9.22. The van der Waals surface area contributed by atoms with Crippen LogP contribution in [0.25, 0.3) is 0 Å². The standard InChI is InChI=1S/C8H18O2/c1-3-5-8(9)6-4-7-10-2/h8-9H,3-7H2,1-2H3. The van der Waals surface area contributed by atoms with Gasteiger partial charge in [0.15, 0.2) is 0 Å². The second kappa shape index (κ2) is 7.03. The highest BCUT2D eigenvalue weighted by Crippen LogP contribution is 2.03. The van der Waals surface area contributed by atoms with Crippen molar-refractivity contribution < 1.29 is 9.84 Å². The number of methoxy groups -OCH3 is 1. The molecule has 0 saturated heterocycles. The Bertz CT molecular complexity index is 64.3. The number of hydrogen-bond acceptors (Lipinski definition) is 2. The molecule has 0 fully saturated rings. The van der Waals surface area contributed by atoms with Crippen LogP contribution in [0.4, 0.5) is 0 Å². The van der Waals surface area contributed by atoms with Crippen molar-refractivity contribution in [2.24, 2.45) is 0 Å². The molecular weight excluding hydrogens is 128 g/mol. The van der Waals surface area contributed by atoms with Crippen LogP contribution >= 0.6 is 0 Å². The Hall–Kier alpha value is -0.0800. The molecule has 2 heteroatoms. The van der Waals surface area contributed by atoms with E-state index in [4.69, 9.17) is 4.74 Å². The van der Waals surface area contributed by atoms with Gasteiger partial charge in [-0.25, -0.2) is 0 Å². The molecule has 0 aliphatic heterocycles. The summed E-state index contributed by atoms with van der Waals surface area (Å²) in [5, 5.41) is 9.22. The molecular formula is C8H18O2. The normalized spacial score (nSPS) is 13.5. The highest BCUT2D eigenvalue weighted by Gasteiger charge is 2.00. The summed E-state index contributed by atoms with van der Waals surface area (Å²) in [5.74, 6) is 0. The minimum Gasteiger partial charge on any atom is -0.393 e. The minimum absolute atomic E-state index is 0.111. The van der Waals surface area contributed by atoms with E-state index >= 15 is 0 Å². The number of ether oxygens (including phenoxy) is 1. The zero-order valence-corrected chi connectivity index (χ0v) is 6.97. The lowest BCUT2D eigenvalue weighted by atomic mass is 10.1. The quantitative estimate of drug-likeness (QED) is 0.576. The summed E-state index contributed by atoms with van der Waals surface area (Å²) in [5.41, 5.74) is 0. The second-order valence-corrected chi connectivity index (χ2v) is 2.58. The molecule has 1 atom stereocenters. The average molecular weight is 146 g/mol. The molecule has 0 saturated carbocycles. The van der Waals surface area contributed by atoms with E-state index in [9.17, 15) is 5.11 Å². The zero-order chi connectivity index (χ0) is 7.82. The van der Waals surface area contributed by atoms with Crippen LogP contribution in [0.1, 0.15) is 32.6 Å². The predicted molar refractivity (Wildman–Crippen MR) is 42.0 cm³/mol. The van der Waals surface area contributed by atoms with Crippen LogP contribution in [0.15, 0.2) is 0 Å². The molecule has 10 heavy (non-hydrogen) atoms. The number of aliphatic hydroxyl groups excluding tert-OH is 1. The van der Waals surface area contributed by atoms with Crippen LogP contribution < -0.4 is 0 Å². The van der Waals surface area contributed by atoms with Gasteiger partial charge in [-0.15, -0.1) is 0 Å². The minimum atomic E-state index is -0.111.